The standard InChI is InChI=1S/C21H25N3O2/c1-5-24(2)19-8-6-7-18-17(19)11-12-22-21(18)23-14-15-9-10-16(25-3)13-20(15)26-4/h6-13H,5,14H2,1-4H3,(H,22,23). The molecule has 1 N–H and O–H groups in total. The number of rotatable bonds is 7. The SMILES string of the molecule is CCN(C)c1cccc2c(NCc3ccc(OC)cc3OC)nccc12. The van der Waals surface area contributed by atoms with Crippen LogP contribution >= 0.6 is 0 Å². The zero-order chi connectivity index (χ0) is 18.5. The summed E-state index contributed by atoms with van der Waals surface area (Å²) in [7, 11) is 5.42. The first-order valence-corrected chi connectivity index (χ1v) is 8.71. The number of hydrogen-bond donors (Lipinski definition) is 1. The Morgan fingerprint density at radius 3 is 2.62 bits per heavy atom. The summed E-state index contributed by atoms with van der Waals surface area (Å²) in [5, 5.41) is 5.75. The Labute approximate surface area is 154 Å². The Balaban J connectivity index is 1.90. The highest BCUT2D eigenvalue weighted by molar-refractivity contribution is 6.00. The summed E-state index contributed by atoms with van der Waals surface area (Å²) in [6.07, 6.45) is 1.85. The van der Waals surface area contributed by atoms with E-state index < -0.39 is 0 Å². The van der Waals surface area contributed by atoms with Crippen LogP contribution in [-0.4, -0.2) is 32.8 Å². The number of pyridine rings is 1. The zero-order valence-electron chi connectivity index (χ0n) is 15.7. The molecule has 0 spiro atoms. The molecule has 0 aliphatic rings. The van der Waals surface area contributed by atoms with Crippen molar-refractivity contribution in [2.45, 2.75) is 13.5 Å². The maximum Gasteiger partial charge on any atom is 0.134 e. The Hall–Kier alpha value is -2.95. The normalized spacial score (nSPS) is 10.6. The van der Waals surface area contributed by atoms with Crippen LogP contribution in [0, 0.1) is 0 Å². The summed E-state index contributed by atoms with van der Waals surface area (Å²) in [5.41, 5.74) is 2.26. The lowest BCUT2D eigenvalue weighted by Crippen LogP contribution is -2.16. The van der Waals surface area contributed by atoms with E-state index >= 15 is 0 Å². The van der Waals surface area contributed by atoms with E-state index in [1.165, 1.54) is 11.1 Å². The summed E-state index contributed by atoms with van der Waals surface area (Å²) in [6, 6.07) is 14.2. The van der Waals surface area contributed by atoms with Crippen molar-refractivity contribution >= 4 is 22.3 Å². The number of nitrogens with zero attached hydrogens (tertiary/aromatic N) is 2. The summed E-state index contributed by atoms with van der Waals surface area (Å²) < 4.78 is 10.7. The number of aromatic nitrogens is 1. The smallest absolute Gasteiger partial charge is 0.134 e. The lowest BCUT2D eigenvalue weighted by atomic mass is 10.1. The largest absolute Gasteiger partial charge is 0.497 e. The predicted molar refractivity (Wildman–Crippen MR) is 108 cm³/mol. The Kier molecular flexibility index (Phi) is 5.46. The van der Waals surface area contributed by atoms with E-state index in [0.29, 0.717) is 6.54 Å². The molecule has 26 heavy (non-hydrogen) atoms. The molecular formula is C21H25N3O2. The van der Waals surface area contributed by atoms with Gasteiger partial charge in [-0.3, -0.25) is 0 Å². The zero-order valence-corrected chi connectivity index (χ0v) is 15.7. The van der Waals surface area contributed by atoms with E-state index in [9.17, 15) is 0 Å². The molecule has 136 valence electrons. The number of ether oxygens (including phenoxy) is 2. The fourth-order valence-electron chi connectivity index (χ4n) is 3.01. The minimum Gasteiger partial charge on any atom is -0.497 e. The number of nitrogens with one attached hydrogen (secondary N) is 1. The van der Waals surface area contributed by atoms with Gasteiger partial charge < -0.3 is 19.7 Å². The maximum absolute atomic E-state index is 5.48. The van der Waals surface area contributed by atoms with E-state index in [4.69, 9.17) is 9.47 Å². The number of hydrogen-bond acceptors (Lipinski definition) is 5. The van der Waals surface area contributed by atoms with Crippen LogP contribution in [0.3, 0.4) is 0 Å². The number of methoxy groups -OCH3 is 2. The first-order chi connectivity index (χ1) is 12.7. The lowest BCUT2D eigenvalue weighted by molar-refractivity contribution is 0.391. The van der Waals surface area contributed by atoms with Crippen molar-refractivity contribution in [1.82, 2.24) is 4.98 Å². The van der Waals surface area contributed by atoms with Gasteiger partial charge in [-0.15, -0.1) is 0 Å². The average molecular weight is 351 g/mol. The summed E-state index contributed by atoms with van der Waals surface area (Å²) >= 11 is 0. The highest BCUT2D eigenvalue weighted by Crippen LogP contribution is 2.31. The van der Waals surface area contributed by atoms with Crippen molar-refractivity contribution in [1.29, 1.82) is 0 Å². The summed E-state index contributed by atoms with van der Waals surface area (Å²) in [4.78, 5) is 6.78. The quantitative estimate of drug-likeness (QED) is 0.687. The average Bonchev–Trinajstić information content (AvgIpc) is 2.70. The van der Waals surface area contributed by atoms with Crippen molar-refractivity contribution < 1.29 is 9.47 Å². The third-order valence-electron chi connectivity index (χ3n) is 4.61. The highest BCUT2D eigenvalue weighted by atomic mass is 16.5. The second kappa shape index (κ2) is 7.95. The van der Waals surface area contributed by atoms with Crippen LogP contribution < -0.4 is 19.7 Å². The second-order valence-electron chi connectivity index (χ2n) is 6.08. The van der Waals surface area contributed by atoms with Gasteiger partial charge in [0, 0.05) is 54.4 Å². The van der Waals surface area contributed by atoms with E-state index in [0.717, 1.165) is 34.8 Å². The van der Waals surface area contributed by atoms with Crippen LogP contribution in [0.2, 0.25) is 0 Å². The van der Waals surface area contributed by atoms with Crippen LogP contribution in [0.25, 0.3) is 10.8 Å². The van der Waals surface area contributed by atoms with Gasteiger partial charge in [0.25, 0.3) is 0 Å². The second-order valence-corrected chi connectivity index (χ2v) is 6.08. The molecule has 0 saturated carbocycles. The molecule has 2 aromatic carbocycles. The van der Waals surface area contributed by atoms with Crippen molar-refractivity contribution in [3.05, 3.63) is 54.2 Å². The number of benzene rings is 2. The molecule has 3 rings (SSSR count). The Morgan fingerprint density at radius 2 is 1.88 bits per heavy atom. The van der Waals surface area contributed by atoms with Gasteiger partial charge in [-0.2, -0.15) is 0 Å². The molecule has 0 aliphatic carbocycles. The molecule has 5 heteroatoms. The first-order valence-electron chi connectivity index (χ1n) is 8.71. The van der Waals surface area contributed by atoms with Gasteiger partial charge >= 0.3 is 0 Å². The first kappa shape index (κ1) is 17.9. The van der Waals surface area contributed by atoms with Crippen molar-refractivity contribution in [2.24, 2.45) is 0 Å². The van der Waals surface area contributed by atoms with E-state index in [1.54, 1.807) is 14.2 Å². The predicted octanol–water partition coefficient (Wildman–Crippen LogP) is 4.32. The fraction of sp³-hybridized carbons (Fsp3) is 0.286. The molecular weight excluding hydrogens is 326 g/mol. The molecule has 0 amide bonds. The van der Waals surface area contributed by atoms with Crippen LogP contribution in [0.5, 0.6) is 11.5 Å². The van der Waals surface area contributed by atoms with Gasteiger partial charge in [-0.1, -0.05) is 12.1 Å². The van der Waals surface area contributed by atoms with Crippen LogP contribution in [0.4, 0.5) is 11.5 Å². The molecule has 0 aliphatic heterocycles. The Morgan fingerprint density at radius 1 is 1.04 bits per heavy atom. The molecule has 0 unspecified atom stereocenters. The molecule has 0 atom stereocenters. The van der Waals surface area contributed by atoms with E-state index in [1.807, 2.05) is 24.4 Å². The molecule has 3 aromatic rings. The molecule has 1 heterocycles. The van der Waals surface area contributed by atoms with Gasteiger partial charge in [0.2, 0.25) is 0 Å². The fourth-order valence-corrected chi connectivity index (χ4v) is 3.01. The van der Waals surface area contributed by atoms with Crippen molar-refractivity contribution in [2.75, 3.05) is 38.0 Å². The lowest BCUT2D eigenvalue weighted by Gasteiger charge is -2.20. The van der Waals surface area contributed by atoms with Gasteiger partial charge in [-0.25, -0.2) is 4.98 Å². The monoisotopic (exact) mass is 351 g/mol. The van der Waals surface area contributed by atoms with Crippen molar-refractivity contribution in [3.63, 3.8) is 0 Å². The van der Waals surface area contributed by atoms with Crippen LogP contribution in [0.15, 0.2) is 48.7 Å². The van der Waals surface area contributed by atoms with Gasteiger partial charge in [0.1, 0.15) is 17.3 Å². The minimum atomic E-state index is 0.618. The topological polar surface area (TPSA) is 46.6 Å². The van der Waals surface area contributed by atoms with Crippen molar-refractivity contribution in [3.8, 4) is 11.5 Å². The molecule has 1 aromatic heterocycles. The minimum absolute atomic E-state index is 0.618. The molecule has 0 radical (unpaired) electrons. The third kappa shape index (κ3) is 3.52. The summed E-state index contributed by atoms with van der Waals surface area (Å²) in [6.45, 7) is 3.72. The number of fused-ring (bicyclic) bond motifs is 1. The van der Waals surface area contributed by atoms with E-state index in [-0.39, 0.29) is 0 Å². The number of anilines is 2. The Bertz CT molecular complexity index is 896. The van der Waals surface area contributed by atoms with E-state index in [2.05, 4.69) is 53.4 Å². The van der Waals surface area contributed by atoms with Crippen LogP contribution in [-0.2, 0) is 6.54 Å². The van der Waals surface area contributed by atoms with Crippen LogP contribution in [0.1, 0.15) is 12.5 Å². The van der Waals surface area contributed by atoms with Gasteiger partial charge in [-0.05, 0) is 31.2 Å². The third-order valence-corrected chi connectivity index (χ3v) is 4.61. The highest BCUT2D eigenvalue weighted by Gasteiger charge is 2.10. The molecule has 0 saturated heterocycles. The van der Waals surface area contributed by atoms with Gasteiger partial charge in [0.05, 0.1) is 14.2 Å². The van der Waals surface area contributed by atoms with Gasteiger partial charge in [0.15, 0.2) is 0 Å². The maximum atomic E-state index is 5.48. The summed E-state index contributed by atoms with van der Waals surface area (Å²) in [5.74, 6) is 2.44. The molecule has 0 bridgehead atoms. The molecule has 0 fully saturated rings. The molecule has 5 nitrogen and oxygen atoms in total.